The molecule has 1 aromatic rings. The van der Waals surface area contributed by atoms with Crippen LogP contribution in [-0.4, -0.2) is 19.3 Å². The van der Waals surface area contributed by atoms with E-state index in [-0.39, 0.29) is 12.1 Å². The van der Waals surface area contributed by atoms with Crippen molar-refractivity contribution in [2.24, 2.45) is 11.7 Å². The molecular weight excluding hydrogens is 234 g/mol. The maximum absolute atomic E-state index is 6.43. The van der Waals surface area contributed by atoms with Crippen LogP contribution >= 0.6 is 0 Å². The minimum Gasteiger partial charge on any atom is -0.380 e. The van der Waals surface area contributed by atoms with Gasteiger partial charge in [-0.2, -0.15) is 0 Å². The van der Waals surface area contributed by atoms with E-state index in [0.29, 0.717) is 5.92 Å². The summed E-state index contributed by atoms with van der Waals surface area (Å²) in [6.45, 7) is 0. The van der Waals surface area contributed by atoms with E-state index < -0.39 is 0 Å². The molecular formula is C17H25NO. The lowest BCUT2D eigenvalue weighted by Gasteiger charge is -2.30. The number of methoxy groups -OCH3 is 1. The van der Waals surface area contributed by atoms with Crippen molar-refractivity contribution >= 4 is 0 Å². The molecule has 0 bridgehead atoms. The number of hydrogen-bond acceptors (Lipinski definition) is 2. The highest BCUT2D eigenvalue weighted by molar-refractivity contribution is 5.32. The zero-order valence-electron chi connectivity index (χ0n) is 11.8. The minimum absolute atomic E-state index is 0.189. The summed E-state index contributed by atoms with van der Waals surface area (Å²) >= 11 is 0. The topological polar surface area (TPSA) is 35.2 Å². The Morgan fingerprint density at radius 1 is 1.26 bits per heavy atom. The third-order valence-corrected chi connectivity index (χ3v) is 4.83. The Kier molecular flexibility index (Phi) is 3.90. The van der Waals surface area contributed by atoms with E-state index in [1.165, 1.54) is 43.2 Å². The lowest BCUT2D eigenvalue weighted by molar-refractivity contribution is 0.0576. The van der Waals surface area contributed by atoms with Crippen LogP contribution in [0.2, 0.25) is 0 Å². The van der Waals surface area contributed by atoms with E-state index >= 15 is 0 Å². The lowest BCUT2D eigenvalue weighted by atomic mass is 9.79. The van der Waals surface area contributed by atoms with E-state index in [1.807, 2.05) is 7.11 Å². The van der Waals surface area contributed by atoms with Crippen LogP contribution in [0.5, 0.6) is 0 Å². The van der Waals surface area contributed by atoms with Gasteiger partial charge < -0.3 is 10.5 Å². The van der Waals surface area contributed by atoms with Crippen LogP contribution < -0.4 is 5.73 Å². The standard InChI is InChI=1S/C17H25NO/c1-19-17(13-9-10-13)16(18)11-14-7-4-6-12-5-2-3-8-15(12)14/h2-3,5,8,13-14,16-17H,4,6-7,9-11,18H2,1H3. The second kappa shape index (κ2) is 5.64. The molecule has 1 saturated carbocycles. The summed E-state index contributed by atoms with van der Waals surface area (Å²) < 4.78 is 5.64. The molecule has 0 spiro atoms. The van der Waals surface area contributed by atoms with Crippen molar-refractivity contribution in [2.75, 3.05) is 7.11 Å². The molecule has 2 N–H and O–H groups in total. The second-order valence-electron chi connectivity index (χ2n) is 6.23. The molecule has 0 aliphatic heterocycles. The summed E-state index contributed by atoms with van der Waals surface area (Å²) in [4.78, 5) is 0. The molecule has 0 amide bonds. The number of nitrogens with two attached hydrogens (primary N) is 1. The predicted octanol–water partition coefficient (Wildman–Crippen LogP) is 3.25. The van der Waals surface area contributed by atoms with E-state index in [9.17, 15) is 0 Å². The molecule has 3 rings (SSSR count). The second-order valence-corrected chi connectivity index (χ2v) is 6.23. The first kappa shape index (κ1) is 13.1. The highest BCUT2D eigenvalue weighted by atomic mass is 16.5. The van der Waals surface area contributed by atoms with Crippen LogP contribution in [0, 0.1) is 5.92 Å². The van der Waals surface area contributed by atoms with E-state index in [4.69, 9.17) is 10.5 Å². The largest absolute Gasteiger partial charge is 0.380 e. The summed E-state index contributed by atoms with van der Waals surface area (Å²) in [5.41, 5.74) is 9.50. The van der Waals surface area contributed by atoms with Crippen LogP contribution in [0.15, 0.2) is 24.3 Å². The Morgan fingerprint density at radius 3 is 2.79 bits per heavy atom. The lowest BCUT2D eigenvalue weighted by Crippen LogP contribution is -2.39. The first-order valence-corrected chi connectivity index (χ1v) is 7.65. The minimum atomic E-state index is 0.189. The number of rotatable bonds is 5. The average Bonchev–Trinajstić information content (AvgIpc) is 3.25. The maximum atomic E-state index is 6.43. The number of hydrogen-bond donors (Lipinski definition) is 1. The third kappa shape index (κ3) is 2.85. The van der Waals surface area contributed by atoms with Gasteiger partial charge in [0.05, 0.1) is 6.10 Å². The Bertz CT molecular complexity index is 427. The van der Waals surface area contributed by atoms with Gasteiger partial charge in [0, 0.05) is 13.2 Å². The van der Waals surface area contributed by atoms with Gasteiger partial charge in [0.1, 0.15) is 0 Å². The fraction of sp³-hybridized carbons (Fsp3) is 0.647. The zero-order chi connectivity index (χ0) is 13.2. The molecule has 1 aromatic carbocycles. The molecule has 0 aromatic heterocycles. The van der Waals surface area contributed by atoms with E-state index in [2.05, 4.69) is 24.3 Å². The van der Waals surface area contributed by atoms with Crippen molar-refractivity contribution in [3.05, 3.63) is 35.4 Å². The molecule has 0 radical (unpaired) electrons. The van der Waals surface area contributed by atoms with Crippen LogP contribution in [0.25, 0.3) is 0 Å². The van der Waals surface area contributed by atoms with Crippen molar-refractivity contribution < 1.29 is 4.74 Å². The summed E-state index contributed by atoms with van der Waals surface area (Å²) in [5.74, 6) is 1.36. The molecule has 2 aliphatic rings. The fourth-order valence-electron chi connectivity index (χ4n) is 3.70. The Hall–Kier alpha value is -0.860. The normalized spacial score (nSPS) is 25.7. The monoisotopic (exact) mass is 259 g/mol. The Morgan fingerprint density at radius 2 is 2.05 bits per heavy atom. The molecule has 1 fully saturated rings. The maximum Gasteiger partial charge on any atom is 0.0750 e. The van der Waals surface area contributed by atoms with Crippen molar-refractivity contribution in [1.82, 2.24) is 0 Å². The quantitative estimate of drug-likeness (QED) is 0.881. The molecule has 0 heterocycles. The van der Waals surface area contributed by atoms with Crippen molar-refractivity contribution in [2.45, 2.75) is 56.6 Å². The highest BCUT2D eigenvalue weighted by Gasteiger charge is 2.36. The molecule has 2 nitrogen and oxygen atoms in total. The van der Waals surface area contributed by atoms with Gasteiger partial charge in [0.15, 0.2) is 0 Å². The van der Waals surface area contributed by atoms with Gasteiger partial charge in [-0.15, -0.1) is 0 Å². The third-order valence-electron chi connectivity index (χ3n) is 4.83. The highest BCUT2D eigenvalue weighted by Crippen LogP contribution is 2.39. The zero-order valence-corrected chi connectivity index (χ0v) is 11.8. The van der Waals surface area contributed by atoms with Gasteiger partial charge in [0.2, 0.25) is 0 Å². The summed E-state index contributed by atoms with van der Waals surface area (Å²) in [5, 5.41) is 0. The Labute approximate surface area is 116 Å². The number of aryl methyl sites for hydroxylation is 1. The number of benzene rings is 1. The van der Waals surface area contributed by atoms with Crippen LogP contribution in [0.1, 0.15) is 49.1 Å². The predicted molar refractivity (Wildman–Crippen MR) is 78.2 cm³/mol. The fourth-order valence-corrected chi connectivity index (χ4v) is 3.70. The van der Waals surface area contributed by atoms with Crippen molar-refractivity contribution in [1.29, 1.82) is 0 Å². The van der Waals surface area contributed by atoms with E-state index in [0.717, 1.165) is 12.3 Å². The first-order valence-electron chi connectivity index (χ1n) is 7.65. The molecule has 2 heteroatoms. The Balaban J connectivity index is 1.70. The molecule has 3 unspecified atom stereocenters. The first-order chi connectivity index (χ1) is 9.29. The smallest absolute Gasteiger partial charge is 0.0750 e. The van der Waals surface area contributed by atoms with E-state index in [1.54, 1.807) is 0 Å². The average molecular weight is 259 g/mol. The SMILES string of the molecule is COC(C(N)CC1CCCc2ccccc21)C1CC1. The van der Waals surface area contributed by atoms with Gasteiger partial charge in [-0.3, -0.25) is 0 Å². The van der Waals surface area contributed by atoms with Crippen LogP contribution in [0.3, 0.4) is 0 Å². The van der Waals surface area contributed by atoms with Crippen LogP contribution in [-0.2, 0) is 11.2 Å². The number of fused-ring (bicyclic) bond motifs is 1. The molecule has 19 heavy (non-hydrogen) atoms. The molecule has 104 valence electrons. The molecule has 3 atom stereocenters. The van der Waals surface area contributed by atoms with Gasteiger partial charge in [-0.1, -0.05) is 24.3 Å². The van der Waals surface area contributed by atoms with Crippen LogP contribution in [0.4, 0.5) is 0 Å². The molecule has 2 aliphatic carbocycles. The van der Waals surface area contributed by atoms with Gasteiger partial charge in [-0.05, 0) is 61.5 Å². The van der Waals surface area contributed by atoms with Crippen molar-refractivity contribution in [3.8, 4) is 0 Å². The summed E-state index contributed by atoms with van der Waals surface area (Å²) in [6, 6.07) is 9.08. The summed E-state index contributed by atoms with van der Waals surface area (Å²) in [7, 11) is 1.82. The van der Waals surface area contributed by atoms with Gasteiger partial charge in [0.25, 0.3) is 0 Å². The summed E-state index contributed by atoms with van der Waals surface area (Å²) in [6.07, 6.45) is 7.76. The van der Waals surface area contributed by atoms with Crippen molar-refractivity contribution in [3.63, 3.8) is 0 Å². The number of ether oxygens (including phenoxy) is 1. The van der Waals surface area contributed by atoms with Gasteiger partial charge in [-0.25, -0.2) is 0 Å². The molecule has 0 saturated heterocycles. The van der Waals surface area contributed by atoms with Gasteiger partial charge >= 0.3 is 0 Å².